The van der Waals surface area contributed by atoms with Crippen LogP contribution in [0.3, 0.4) is 0 Å². The van der Waals surface area contributed by atoms with Gasteiger partial charge in [-0.2, -0.15) is 15.4 Å². The number of hydrogen-bond donors (Lipinski definition) is 2. The van der Waals surface area contributed by atoms with Gasteiger partial charge < -0.3 is 11.1 Å². The summed E-state index contributed by atoms with van der Waals surface area (Å²) >= 11 is 0. The van der Waals surface area contributed by atoms with Gasteiger partial charge in [-0.15, -0.1) is 0 Å². The van der Waals surface area contributed by atoms with E-state index >= 15 is 0 Å². The molecule has 90 valence electrons. The summed E-state index contributed by atoms with van der Waals surface area (Å²) in [7, 11) is 0. The molecule has 6 nitrogen and oxygen atoms in total. The highest BCUT2D eigenvalue weighted by Crippen LogP contribution is 2.21. The number of anilines is 1. The molecule has 0 saturated heterocycles. The summed E-state index contributed by atoms with van der Waals surface area (Å²) in [6.07, 6.45) is 0. The van der Waals surface area contributed by atoms with Crippen LogP contribution >= 0.6 is 0 Å². The summed E-state index contributed by atoms with van der Waals surface area (Å²) < 4.78 is 0. The minimum atomic E-state index is -0.808. The molecule has 0 spiro atoms. The van der Waals surface area contributed by atoms with Crippen molar-refractivity contribution in [1.29, 1.82) is 10.7 Å². The molecule has 1 amide bonds. The number of para-hydroxylation sites is 1. The van der Waals surface area contributed by atoms with Crippen molar-refractivity contribution in [2.24, 2.45) is 16.8 Å². The number of nitrogens with zero attached hydrogens (tertiary/aromatic N) is 3. The van der Waals surface area contributed by atoms with E-state index in [1.165, 1.54) is 0 Å². The first kappa shape index (κ1) is 12.0. The standard InChI is InChI=1S/C12H11N5O/c13-6-9-11(15)10(7-14)16-17(12(9)18)8-4-2-1-3-5-8/h1-5,9,15H,6,13H2. The Kier molecular flexibility index (Phi) is 3.17. The predicted octanol–water partition coefficient (Wildman–Crippen LogP) is 0.507. The number of carbonyl (C=O) groups excluding carboxylic acids is 1. The average Bonchev–Trinajstić information content (AvgIpc) is 2.41. The maximum Gasteiger partial charge on any atom is 0.257 e. The van der Waals surface area contributed by atoms with Crippen LogP contribution in [0.25, 0.3) is 0 Å². The summed E-state index contributed by atoms with van der Waals surface area (Å²) in [6, 6.07) is 10.6. The minimum Gasteiger partial charge on any atom is -0.329 e. The Morgan fingerprint density at radius 1 is 1.44 bits per heavy atom. The van der Waals surface area contributed by atoms with E-state index in [0.29, 0.717) is 5.69 Å². The molecular weight excluding hydrogens is 230 g/mol. The van der Waals surface area contributed by atoms with E-state index in [0.717, 1.165) is 5.01 Å². The Bertz CT molecular complexity index is 558. The van der Waals surface area contributed by atoms with Crippen molar-refractivity contribution in [1.82, 2.24) is 0 Å². The number of hydrazone groups is 1. The number of hydrogen-bond acceptors (Lipinski definition) is 5. The monoisotopic (exact) mass is 241 g/mol. The number of amides is 1. The van der Waals surface area contributed by atoms with Gasteiger partial charge >= 0.3 is 0 Å². The number of nitriles is 1. The highest BCUT2D eigenvalue weighted by molar-refractivity contribution is 6.52. The molecule has 1 aliphatic rings. The van der Waals surface area contributed by atoms with Gasteiger partial charge in [0.25, 0.3) is 5.91 Å². The smallest absolute Gasteiger partial charge is 0.257 e. The Hall–Kier alpha value is -2.52. The topological polar surface area (TPSA) is 106 Å². The SMILES string of the molecule is N#CC1=NN(c2ccccc2)C(=O)C(CN)C1=N. The van der Waals surface area contributed by atoms with E-state index in [2.05, 4.69) is 5.10 Å². The predicted molar refractivity (Wildman–Crippen MR) is 67.2 cm³/mol. The van der Waals surface area contributed by atoms with Gasteiger partial charge in [0.15, 0.2) is 5.71 Å². The number of nitrogens with one attached hydrogen (secondary N) is 1. The van der Waals surface area contributed by atoms with Crippen LogP contribution < -0.4 is 10.7 Å². The molecule has 0 fully saturated rings. The molecule has 1 aliphatic heterocycles. The molecule has 1 atom stereocenters. The molecule has 6 heteroatoms. The maximum atomic E-state index is 12.1. The molecule has 0 aromatic heterocycles. The quantitative estimate of drug-likeness (QED) is 0.787. The van der Waals surface area contributed by atoms with Gasteiger partial charge in [0, 0.05) is 6.54 Å². The third-order valence-electron chi connectivity index (χ3n) is 2.65. The van der Waals surface area contributed by atoms with Crippen LogP contribution in [0.4, 0.5) is 5.69 Å². The van der Waals surface area contributed by atoms with Crippen LogP contribution in [0.5, 0.6) is 0 Å². The summed E-state index contributed by atoms with van der Waals surface area (Å²) in [4.78, 5) is 12.1. The summed E-state index contributed by atoms with van der Waals surface area (Å²) in [5, 5.41) is 21.7. The largest absolute Gasteiger partial charge is 0.329 e. The molecule has 0 bridgehead atoms. The van der Waals surface area contributed by atoms with Crippen molar-refractivity contribution < 1.29 is 4.79 Å². The van der Waals surface area contributed by atoms with E-state index in [-0.39, 0.29) is 23.9 Å². The number of carbonyl (C=O) groups is 1. The molecular formula is C12H11N5O. The van der Waals surface area contributed by atoms with Crippen LogP contribution in [0.1, 0.15) is 0 Å². The van der Waals surface area contributed by atoms with E-state index < -0.39 is 5.92 Å². The second kappa shape index (κ2) is 4.77. The van der Waals surface area contributed by atoms with Crippen molar-refractivity contribution in [2.45, 2.75) is 0 Å². The van der Waals surface area contributed by atoms with E-state index in [4.69, 9.17) is 16.4 Å². The number of nitrogens with two attached hydrogens (primary N) is 1. The first-order valence-electron chi connectivity index (χ1n) is 5.35. The molecule has 1 aromatic rings. The summed E-state index contributed by atoms with van der Waals surface area (Å²) in [5.74, 6) is -1.19. The van der Waals surface area contributed by atoms with Crippen LogP contribution in [-0.2, 0) is 4.79 Å². The molecule has 18 heavy (non-hydrogen) atoms. The zero-order valence-corrected chi connectivity index (χ0v) is 9.50. The van der Waals surface area contributed by atoms with Gasteiger partial charge in [-0.3, -0.25) is 4.79 Å². The Morgan fingerprint density at radius 2 is 2.11 bits per heavy atom. The van der Waals surface area contributed by atoms with Crippen LogP contribution in [-0.4, -0.2) is 23.9 Å². The normalized spacial score (nSPS) is 19.4. The lowest BCUT2D eigenvalue weighted by Crippen LogP contribution is -2.47. The summed E-state index contributed by atoms with van der Waals surface area (Å²) in [6.45, 7) is -0.0122. The van der Waals surface area contributed by atoms with Gasteiger partial charge in [0.1, 0.15) is 6.07 Å². The van der Waals surface area contributed by atoms with Crippen LogP contribution in [0.2, 0.25) is 0 Å². The fourth-order valence-corrected chi connectivity index (χ4v) is 1.69. The number of rotatable bonds is 2. The highest BCUT2D eigenvalue weighted by atomic mass is 16.2. The van der Waals surface area contributed by atoms with Crippen LogP contribution in [0, 0.1) is 22.7 Å². The maximum absolute atomic E-state index is 12.1. The van der Waals surface area contributed by atoms with Crippen molar-refractivity contribution in [3.63, 3.8) is 0 Å². The molecule has 1 unspecified atom stereocenters. The Morgan fingerprint density at radius 3 is 2.67 bits per heavy atom. The van der Waals surface area contributed by atoms with Crippen molar-refractivity contribution in [3.8, 4) is 6.07 Å². The van der Waals surface area contributed by atoms with Gasteiger partial charge in [0.2, 0.25) is 0 Å². The first-order valence-corrected chi connectivity index (χ1v) is 5.35. The Balaban J connectivity index is 2.48. The van der Waals surface area contributed by atoms with E-state index in [9.17, 15) is 4.79 Å². The average molecular weight is 241 g/mol. The summed E-state index contributed by atoms with van der Waals surface area (Å²) in [5.41, 5.74) is 5.86. The molecule has 1 heterocycles. The second-order valence-corrected chi connectivity index (χ2v) is 3.75. The van der Waals surface area contributed by atoms with Gasteiger partial charge in [-0.25, -0.2) is 0 Å². The fourth-order valence-electron chi connectivity index (χ4n) is 1.69. The first-order chi connectivity index (χ1) is 8.69. The zero-order valence-electron chi connectivity index (χ0n) is 9.50. The molecule has 3 N–H and O–H groups in total. The number of benzene rings is 1. The van der Waals surface area contributed by atoms with Crippen molar-refractivity contribution >= 4 is 23.0 Å². The van der Waals surface area contributed by atoms with E-state index in [1.54, 1.807) is 24.3 Å². The molecule has 0 aliphatic carbocycles. The molecule has 2 rings (SSSR count). The van der Waals surface area contributed by atoms with Crippen LogP contribution in [0.15, 0.2) is 35.4 Å². The third kappa shape index (κ3) is 1.87. The van der Waals surface area contributed by atoms with E-state index in [1.807, 2.05) is 12.1 Å². The molecule has 1 aromatic carbocycles. The van der Waals surface area contributed by atoms with Gasteiger partial charge in [-0.1, -0.05) is 18.2 Å². The van der Waals surface area contributed by atoms with Gasteiger partial charge in [0.05, 0.1) is 17.3 Å². The fraction of sp³-hybridized carbons (Fsp3) is 0.167. The van der Waals surface area contributed by atoms with Crippen molar-refractivity contribution in [3.05, 3.63) is 30.3 Å². The highest BCUT2D eigenvalue weighted by Gasteiger charge is 2.35. The molecule has 0 saturated carbocycles. The lowest BCUT2D eigenvalue weighted by Gasteiger charge is -2.27. The second-order valence-electron chi connectivity index (χ2n) is 3.75. The lowest BCUT2D eigenvalue weighted by atomic mass is 9.97. The molecule has 0 radical (unpaired) electrons. The van der Waals surface area contributed by atoms with Crippen molar-refractivity contribution in [2.75, 3.05) is 11.6 Å². The Labute approximate surface area is 104 Å². The lowest BCUT2D eigenvalue weighted by molar-refractivity contribution is -0.120. The third-order valence-corrected chi connectivity index (χ3v) is 2.65. The zero-order chi connectivity index (χ0) is 13.1. The minimum absolute atomic E-state index is 0.0122. The van der Waals surface area contributed by atoms with Gasteiger partial charge in [-0.05, 0) is 12.1 Å².